The maximum Gasteiger partial charge on any atom is 0.337 e. The molecule has 0 spiro atoms. The van der Waals surface area contributed by atoms with Gasteiger partial charge in [0, 0.05) is 67.4 Å². The summed E-state index contributed by atoms with van der Waals surface area (Å²) in [6, 6.07) is 22.4. The van der Waals surface area contributed by atoms with E-state index in [1.807, 2.05) is 54.2 Å². The lowest BCUT2D eigenvalue weighted by Gasteiger charge is -2.36. The van der Waals surface area contributed by atoms with Crippen LogP contribution in [0.15, 0.2) is 85.3 Å². The van der Waals surface area contributed by atoms with E-state index in [-0.39, 0.29) is 5.97 Å². The second kappa shape index (κ2) is 11.2. The molecule has 10 heteroatoms. The van der Waals surface area contributed by atoms with Gasteiger partial charge in [-0.3, -0.25) is 10.00 Å². The van der Waals surface area contributed by atoms with Crippen LogP contribution in [0, 0.1) is 6.92 Å². The van der Waals surface area contributed by atoms with Crippen molar-refractivity contribution in [2.24, 2.45) is 0 Å². The molecule has 3 aromatic carbocycles. The van der Waals surface area contributed by atoms with Crippen molar-refractivity contribution in [3.8, 4) is 11.3 Å². The van der Waals surface area contributed by atoms with E-state index >= 15 is 0 Å². The Morgan fingerprint density at radius 1 is 0.953 bits per heavy atom. The van der Waals surface area contributed by atoms with Crippen molar-refractivity contribution in [2.75, 3.05) is 43.5 Å². The predicted molar refractivity (Wildman–Crippen MR) is 168 cm³/mol. The summed E-state index contributed by atoms with van der Waals surface area (Å²) in [5.41, 5.74) is 8.45. The molecule has 2 N–H and O–H groups in total. The number of piperazine rings is 1. The molecule has 1 aliphatic rings. The number of fused-ring (bicyclic) bond motifs is 2. The first-order valence-corrected chi connectivity index (χ1v) is 14.3. The van der Waals surface area contributed by atoms with Crippen LogP contribution < -0.4 is 10.2 Å². The first-order valence-electron chi connectivity index (χ1n) is 14.3. The predicted octanol–water partition coefficient (Wildman–Crippen LogP) is 5.43. The van der Waals surface area contributed by atoms with Crippen molar-refractivity contribution in [2.45, 2.75) is 13.5 Å². The van der Waals surface area contributed by atoms with Crippen LogP contribution in [0.3, 0.4) is 0 Å². The largest absolute Gasteiger partial charge is 0.465 e. The van der Waals surface area contributed by atoms with Gasteiger partial charge in [0.15, 0.2) is 11.5 Å². The van der Waals surface area contributed by atoms with Crippen molar-refractivity contribution in [3.05, 3.63) is 102 Å². The molecule has 0 unspecified atom stereocenters. The molecule has 0 radical (unpaired) electrons. The lowest BCUT2D eigenvalue weighted by Crippen LogP contribution is -2.45. The first kappa shape index (κ1) is 26.7. The molecule has 1 saturated heterocycles. The van der Waals surface area contributed by atoms with Crippen molar-refractivity contribution >= 4 is 39.7 Å². The van der Waals surface area contributed by atoms with Crippen LogP contribution in [0.1, 0.15) is 21.6 Å². The lowest BCUT2D eigenvalue weighted by atomic mass is 10.1. The number of carbonyl (C=O) groups excluding carboxylic acids is 1. The third-order valence-corrected chi connectivity index (χ3v) is 7.94. The van der Waals surface area contributed by atoms with Gasteiger partial charge >= 0.3 is 5.97 Å². The summed E-state index contributed by atoms with van der Waals surface area (Å²) < 4.78 is 6.82. The van der Waals surface area contributed by atoms with Crippen molar-refractivity contribution < 1.29 is 9.53 Å². The summed E-state index contributed by atoms with van der Waals surface area (Å²) in [7, 11) is 1.40. The second-order valence-electron chi connectivity index (χ2n) is 10.9. The number of ether oxygens (including phenoxy) is 1. The number of imidazole rings is 1. The van der Waals surface area contributed by atoms with Crippen LogP contribution in [0.2, 0.25) is 0 Å². The maximum absolute atomic E-state index is 11.7. The van der Waals surface area contributed by atoms with E-state index in [2.05, 4.69) is 67.8 Å². The number of H-pyrrole nitrogens is 1. The van der Waals surface area contributed by atoms with Gasteiger partial charge in [-0.2, -0.15) is 5.10 Å². The zero-order valence-corrected chi connectivity index (χ0v) is 24.1. The van der Waals surface area contributed by atoms with E-state index in [0.29, 0.717) is 11.4 Å². The Hall–Kier alpha value is -5.22. The molecular formula is C33H32N8O2. The average molecular weight is 573 g/mol. The van der Waals surface area contributed by atoms with Crippen LogP contribution in [-0.2, 0) is 11.3 Å². The summed E-state index contributed by atoms with van der Waals surface area (Å²) >= 11 is 0. The Bertz CT molecular complexity index is 1900. The van der Waals surface area contributed by atoms with Gasteiger partial charge in [0.25, 0.3) is 0 Å². The fourth-order valence-corrected chi connectivity index (χ4v) is 5.62. The highest BCUT2D eigenvalue weighted by Crippen LogP contribution is 2.28. The number of aromatic nitrogens is 5. The Morgan fingerprint density at radius 2 is 1.74 bits per heavy atom. The minimum atomic E-state index is -0.306. The highest BCUT2D eigenvalue weighted by atomic mass is 16.5. The molecule has 4 heterocycles. The van der Waals surface area contributed by atoms with Gasteiger partial charge in [-0.25, -0.2) is 14.8 Å². The number of aryl methyl sites for hydroxylation is 1. The summed E-state index contributed by atoms with van der Waals surface area (Å²) in [6.07, 6.45) is 5.85. The minimum Gasteiger partial charge on any atom is -0.465 e. The molecule has 43 heavy (non-hydrogen) atoms. The summed E-state index contributed by atoms with van der Waals surface area (Å²) in [6.45, 7) is 6.69. The summed E-state index contributed by atoms with van der Waals surface area (Å²) in [5.74, 6) is 0.399. The number of carbonyl (C=O) groups is 1. The molecule has 0 aliphatic carbocycles. The number of methoxy groups -OCH3 is 1. The SMILES string of the molecule is COC(=O)c1ccc(CN2CCN(c3ccc(Nc4nc(-c5ccc6cn[nH]c6c5)cn5cc(C)nc45)cc3)CC2)cc1. The number of hydrogen-bond donors (Lipinski definition) is 2. The van der Waals surface area contributed by atoms with E-state index in [1.165, 1.54) is 18.4 Å². The van der Waals surface area contributed by atoms with Crippen LogP contribution in [-0.4, -0.2) is 68.7 Å². The molecule has 0 atom stereocenters. The summed E-state index contributed by atoms with van der Waals surface area (Å²) in [5, 5.41) is 11.8. The lowest BCUT2D eigenvalue weighted by molar-refractivity contribution is 0.0600. The molecule has 0 saturated carbocycles. The molecule has 0 bridgehead atoms. The van der Waals surface area contributed by atoms with E-state index in [0.717, 1.165) is 71.9 Å². The van der Waals surface area contributed by atoms with Crippen LogP contribution in [0.5, 0.6) is 0 Å². The molecule has 1 fully saturated rings. The molecule has 216 valence electrons. The maximum atomic E-state index is 11.7. The normalized spacial score (nSPS) is 14.0. The Labute approximate surface area is 248 Å². The highest BCUT2D eigenvalue weighted by molar-refractivity contribution is 5.89. The van der Waals surface area contributed by atoms with Gasteiger partial charge < -0.3 is 19.4 Å². The number of anilines is 3. The third-order valence-electron chi connectivity index (χ3n) is 7.94. The van der Waals surface area contributed by atoms with E-state index in [4.69, 9.17) is 14.7 Å². The first-order chi connectivity index (χ1) is 21.0. The zero-order valence-electron chi connectivity index (χ0n) is 24.1. The van der Waals surface area contributed by atoms with E-state index in [9.17, 15) is 4.79 Å². The van der Waals surface area contributed by atoms with Gasteiger partial charge in [-0.15, -0.1) is 0 Å². The zero-order chi connectivity index (χ0) is 29.3. The van der Waals surface area contributed by atoms with Gasteiger partial charge in [0.05, 0.1) is 35.8 Å². The number of rotatable bonds is 7. The van der Waals surface area contributed by atoms with Gasteiger partial charge in [0.2, 0.25) is 0 Å². The smallest absolute Gasteiger partial charge is 0.337 e. The minimum absolute atomic E-state index is 0.306. The van der Waals surface area contributed by atoms with Crippen LogP contribution >= 0.6 is 0 Å². The van der Waals surface area contributed by atoms with Crippen LogP contribution in [0.4, 0.5) is 17.2 Å². The fourth-order valence-electron chi connectivity index (χ4n) is 5.62. The molecule has 7 rings (SSSR count). The van der Waals surface area contributed by atoms with Crippen molar-refractivity contribution in [3.63, 3.8) is 0 Å². The molecule has 6 aromatic rings. The monoisotopic (exact) mass is 572 g/mol. The third kappa shape index (κ3) is 5.52. The molecule has 1 aliphatic heterocycles. The van der Waals surface area contributed by atoms with Crippen molar-refractivity contribution in [1.82, 2.24) is 29.5 Å². The van der Waals surface area contributed by atoms with E-state index in [1.54, 1.807) is 0 Å². The van der Waals surface area contributed by atoms with Crippen molar-refractivity contribution in [1.29, 1.82) is 0 Å². The summed E-state index contributed by atoms with van der Waals surface area (Å²) in [4.78, 5) is 26.3. The molecular weight excluding hydrogens is 540 g/mol. The Balaban J connectivity index is 1.03. The average Bonchev–Trinajstić information content (AvgIpc) is 3.67. The highest BCUT2D eigenvalue weighted by Gasteiger charge is 2.18. The van der Waals surface area contributed by atoms with E-state index < -0.39 is 0 Å². The number of nitrogens with zero attached hydrogens (tertiary/aromatic N) is 6. The van der Waals surface area contributed by atoms with Crippen LogP contribution in [0.25, 0.3) is 27.8 Å². The Kier molecular flexibility index (Phi) is 6.96. The van der Waals surface area contributed by atoms with Gasteiger partial charge in [-0.05, 0) is 55.0 Å². The second-order valence-corrected chi connectivity index (χ2v) is 10.9. The number of hydrogen-bond acceptors (Lipinski definition) is 8. The fraction of sp³-hybridized carbons (Fsp3) is 0.212. The number of aromatic amines is 1. The molecule has 10 nitrogen and oxygen atoms in total. The molecule has 3 aromatic heterocycles. The number of nitrogens with one attached hydrogen (secondary N) is 2. The van der Waals surface area contributed by atoms with Gasteiger partial charge in [-0.1, -0.05) is 24.3 Å². The molecule has 0 amide bonds. The topological polar surface area (TPSA) is 104 Å². The Morgan fingerprint density at radius 3 is 2.51 bits per heavy atom. The van der Waals surface area contributed by atoms with Gasteiger partial charge in [0.1, 0.15) is 0 Å². The number of benzene rings is 3. The number of esters is 1. The standard InChI is InChI=1S/C33H32N8O2/c1-22-19-41-21-30(25-7-8-26-18-34-38-29(26)17-25)37-31(32(41)35-22)36-27-9-11-28(12-10-27)40-15-13-39(14-16-40)20-23-3-5-24(6-4-23)33(42)43-2/h3-12,17-19,21H,13-16,20H2,1-2H3,(H,34,38)(H,36,37). The quantitative estimate of drug-likeness (QED) is 0.244.